The molecule has 0 spiro atoms. The first-order valence-corrected chi connectivity index (χ1v) is 6.47. The van der Waals surface area contributed by atoms with Gasteiger partial charge in [-0.15, -0.1) is 0 Å². The molecule has 1 atom stereocenters. The predicted molar refractivity (Wildman–Crippen MR) is 71.4 cm³/mol. The molecule has 2 heteroatoms. The third-order valence-corrected chi connectivity index (χ3v) is 3.61. The molecule has 2 N–H and O–H groups in total. The van der Waals surface area contributed by atoms with Crippen molar-refractivity contribution >= 4 is 0 Å². The smallest absolute Gasteiger partial charge is 0.122 e. The van der Waals surface area contributed by atoms with Crippen molar-refractivity contribution in [3.63, 3.8) is 0 Å². The molecule has 1 aromatic carbocycles. The third-order valence-electron chi connectivity index (χ3n) is 3.61. The summed E-state index contributed by atoms with van der Waals surface area (Å²) in [5.41, 5.74) is 9.12. The number of ether oxygens (including phenoxy) is 1. The van der Waals surface area contributed by atoms with E-state index in [4.69, 9.17) is 10.5 Å². The minimum Gasteiger partial charge on any atom is -0.493 e. The zero-order valence-electron chi connectivity index (χ0n) is 11.1. The highest BCUT2D eigenvalue weighted by molar-refractivity contribution is 5.39. The van der Waals surface area contributed by atoms with Crippen molar-refractivity contribution < 1.29 is 4.74 Å². The first-order valence-electron chi connectivity index (χ1n) is 6.47. The molecular weight excluding hydrogens is 210 g/mol. The summed E-state index contributed by atoms with van der Waals surface area (Å²) in [5, 5.41) is 0. The number of rotatable bonds is 3. The standard InChI is InChI=1S/C15H23NO/c1-15(2,3)14(16)7-5-11-4-6-13-12(10-11)8-9-17-13/h4,6,10,14H,5,7-9,16H2,1-3H3. The van der Waals surface area contributed by atoms with Crippen LogP contribution in [0.3, 0.4) is 0 Å². The van der Waals surface area contributed by atoms with Gasteiger partial charge in [-0.3, -0.25) is 0 Å². The summed E-state index contributed by atoms with van der Waals surface area (Å²) >= 11 is 0. The van der Waals surface area contributed by atoms with Gasteiger partial charge in [0, 0.05) is 12.5 Å². The molecule has 1 aromatic rings. The van der Waals surface area contributed by atoms with Gasteiger partial charge in [-0.05, 0) is 35.4 Å². The molecular formula is C15H23NO. The van der Waals surface area contributed by atoms with Gasteiger partial charge in [0.15, 0.2) is 0 Å². The van der Waals surface area contributed by atoms with Crippen molar-refractivity contribution in [1.29, 1.82) is 0 Å². The Kier molecular flexibility index (Phi) is 3.43. The largest absolute Gasteiger partial charge is 0.493 e. The number of hydrogen-bond donors (Lipinski definition) is 1. The summed E-state index contributed by atoms with van der Waals surface area (Å²) in [4.78, 5) is 0. The van der Waals surface area contributed by atoms with Gasteiger partial charge in [-0.2, -0.15) is 0 Å². The van der Waals surface area contributed by atoms with E-state index >= 15 is 0 Å². The lowest BCUT2D eigenvalue weighted by Gasteiger charge is -2.27. The Hall–Kier alpha value is -1.02. The number of nitrogens with two attached hydrogens (primary N) is 1. The Morgan fingerprint density at radius 2 is 2.12 bits per heavy atom. The van der Waals surface area contributed by atoms with Gasteiger partial charge in [0.2, 0.25) is 0 Å². The molecule has 0 bridgehead atoms. The molecule has 2 rings (SSSR count). The fraction of sp³-hybridized carbons (Fsp3) is 0.600. The molecule has 1 aliphatic rings. The van der Waals surface area contributed by atoms with Crippen molar-refractivity contribution in [2.24, 2.45) is 11.1 Å². The number of hydrogen-bond acceptors (Lipinski definition) is 2. The monoisotopic (exact) mass is 233 g/mol. The fourth-order valence-electron chi connectivity index (χ4n) is 2.15. The highest BCUT2D eigenvalue weighted by Gasteiger charge is 2.20. The lowest BCUT2D eigenvalue weighted by atomic mass is 9.84. The van der Waals surface area contributed by atoms with E-state index in [9.17, 15) is 0 Å². The van der Waals surface area contributed by atoms with E-state index in [1.807, 2.05) is 0 Å². The summed E-state index contributed by atoms with van der Waals surface area (Å²) < 4.78 is 5.51. The Balaban J connectivity index is 1.96. The van der Waals surface area contributed by atoms with Gasteiger partial charge in [0.05, 0.1) is 6.61 Å². The van der Waals surface area contributed by atoms with E-state index in [0.29, 0.717) is 0 Å². The second-order valence-corrected chi connectivity index (χ2v) is 6.05. The van der Waals surface area contributed by atoms with Crippen LogP contribution in [0.1, 0.15) is 38.3 Å². The van der Waals surface area contributed by atoms with Crippen LogP contribution in [0.4, 0.5) is 0 Å². The normalized spacial score (nSPS) is 16.5. The van der Waals surface area contributed by atoms with Crippen molar-refractivity contribution in [3.8, 4) is 5.75 Å². The van der Waals surface area contributed by atoms with Crippen LogP contribution in [0.2, 0.25) is 0 Å². The second-order valence-electron chi connectivity index (χ2n) is 6.05. The maximum atomic E-state index is 6.19. The number of fused-ring (bicyclic) bond motifs is 1. The topological polar surface area (TPSA) is 35.2 Å². The van der Waals surface area contributed by atoms with E-state index in [1.165, 1.54) is 11.1 Å². The molecule has 0 saturated carbocycles. The summed E-state index contributed by atoms with van der Waals surface area (Å²) in [6.45, 7) is 7.44. The lowest BCUT2D eigenvalue weighted by Crippen LogP contribution is -2.35. The van der Waals surface area contributed by atoms with E-state index in [2.05, 4.69) is 39.0 Å². The summed E-state index contributed by atoms with van der Waals surface area (Å²) in [6, 6.07) is 6.80. The average molecular weight is 233 g/mol. The highest BCUT2D eigenvalue weighted by Crippen LogP contribution is 2.27. The summed E-state index contributed by atoms with van der Waals surface area (Å²) in [6.07, 6.45) is 3.16. The maximum Gasteiger partial charge on any atom is 0.122 e. The molecule has 1 aliphatic heterocycles. The Bertz CT molecular complexity index is 392. The quantitative estimate of drug-likeness (QED) is 0.871. The summed E-state index contributed by atoms with van der Waals surface area (Å²) in [7, 11) is 0. The maximum absolute atomic E-state index is 6.19. The van der Waals surface area contributed by atoms with E-state index in [1.54, 1.807) is 0 Å². The van der Waals surface area contributed by atoms with Crippen LogP contribution >= 0.6 is 0 Å². The van der Waals surface area contributed by atoms with Crippen LogP contribution in [0.5, 0.6) is 5.75 Å². The Morgan fingerprint density at radius 3 is 2.82 bits per heavy atom. The lowest BCUT2D eigenvalue weighted by molar-refractivity contribution is 0.306. The molecule has 1 heterocycles. The van der Waals surface area contributed by atoms with Gasteiger partial charge in [0.1, 0.15) is 5.75 Å². The van der Waals surface area contributed by atoms with Crippen molar-refractivity contribution in [1.82, 2.24) is 0 Å². The van der Waals surface area contributed by atoms with Crippen LogP contribution in [0.15, 0.2) is 18.2 Å². The fourth-order valence-corrected chi connectivity index (χ4v) is 2.15. The molecule has 0 aliphatic carbocycles. The van der Waals surface area contributed by atoms with E-state index in [0.717, 1.165) is 31.6 Å². The first kappa shape index (κ1) is 12.4. The third kappa shape index (κ3) is 3.01. The molecule has 0 amide bonds. The van der Waals surface area contributed by atoms with Gasteiger partial charge < -0.3 is 10.5 Å². The average Bonchev–Trinajstić information content (AvgIpc) is 2.71. The molecule has 0 saturated heterocycles. The number of aryl methyl sites for hydroxylation is 1. The van der Waals surface area contributed by atoms with E-state index < -0.39 is 0 Å². The number of benzene rings is 1. The van der Waals surface area contributed by atoms with Crippen LogP contribution < -0.4 is 10.5 Å². The van der Waals surface area contributed by atoms with Gasteiger partial charge in [-0.1, -0.05) is 32.9 Å². The van der Waals surface area contributed by atoms with Crippen LogP contribution in [-0.4, -0.2) is 12.6 Å². The molecule has 94 valence electrons. The molecule has 0 fully saturated rings. The Morgan fingerprint density at radius 1 is 1.35 bits per heavy atom. The summed E-state index contributed by atoms with van der Waals surface area (Å²) in [5.74, 6) is 1.06. The SMILES string of the molecule is CC(C)(C)C(N)CCc1ccc2c(c1)CCO2. The minimum absolute atomic E-state index is 0.194. The van der Waals surface area contributed by atoms with Gasteiger partial charge in [0.25, 0.3) is 0 Å². The Labute approximate surface area is 104 Å². The van der Waals surface area contributed by atoms with Crippen LogP contribution in [0, 0.1) is 5.41 Å². The molecule has 0 radical (unpaired) electrons. The molecule has 0 aromatic heterocycles. The molecule has 2 nitrogen and oxygen atoms in total. The van der Waals surface area contributed by atoms with Crippen LogP contribution in [-0.2, 0) is 12.8 Å². The first-order chi connectivity index (χ1) is 7.97. The van der Waals surface area contributed by atoms with Gasteiger partial charge in [-0.25, -0.2) is 0 Å². The second kappa shape index (κ2) is 4.69. The van der Waals surface area contributed by atoms with E-state index in [-0.39, 0.29) is 11.5 Å². The highest BCUT2D eigenvalue weighted by atomic mass is 16.5. The van der Waals surface area contributed by atoms with Gasteiger partial charge >= 0.3 is 0 Å². The zero-order chi connectivity index (χ0) is 12.5. The zero-order valence-corrected chi connectivity index (χ0v) is 11.1. The van der Waals surface area contributed by atoms with Crippen molar-refractivity contribution in [2.45, 2.75) is 46.1 Å². The van der Waals surface area contributed by atoms with Crippen molar-refractivity contribution in [3.05, 3.63) is 29.3 Å². The predicted octanol–water partition coefficient (Wildman–Crippen LogP) is 2.93. The van der Waals surface area contributed by atoms with Crippen LogP contribution in [0.25, 0.3) is 0 Å². The molecule has 1 unspecified atom stereocenters. The minimum atomic E-state index is 0.194. The molecule has 17 heavy (non-hydrogen) atoms. The van der Waals surface area contributed by atoms with Crippen molar-refractivity contribution in [2.75, 3.05) is 6.61 Å².